The number of nitrogens with one attached hydrogen (secondary N) is 1. The van der Waals surface area contributed by atoms with E-state index in [0.717, 1.165) is 44.9 Å². The van der Waals surface area contributed by atoms with Gasteiger partial charge in [-0.15, -0.1) is 0 Å². The Kier molecular flexibility index (Phi) is 31.0. The van der Waals surface area contributed by atoms with Gasteiger partial charge in [0.15, 0.2) is 0 Å². The lowest BCUT2D eigenvalue weighted by atomic mass is 10.1. The summed E-state index contributed by atoms with van der Waals surface area (Å²) in [6.07, 6.45) is 40.8. The van der Waals surface area contributed by atoms with Crippen molar-refractivity contribution in [3.05, 3.63) is 36.5 Å². The summed E-state index contributed by atoms with van der Waals surface area (Å²) >= 11 is 0. The molecule has 0 spiro atoms. The number of carbonyl (C=O) groups is 1. The minimum absolute atomic E-state index is 0.0857. The fourth-order valence-electron chi connectivity index (χ4n) is 4.89. The Bertz CT molecular complexity index is 613. The smallest absolute Gasteiger partial charge is 0.220 e. The fraction of sp³-hybridized carbons (Fsp3) is 0.806. The molecule has 0 bridgehead atoms. The second-order valence-electron chi connectivity index (χ2n) is 11.6. The summed E-state index contributed by atoms with van der Waals surface area (Å²) in [5.41, 5.74) is 0. The van der Waals surface area contributed by atoms with Gasteiger partial charge in [-0.3, -0.25) is 4.79 Å². The Morgan fingerprint density at radius 2 is 0.975 bits per heavy atom. The number of rotatable bonds is 30. The van der Waals surface area contributed by atoms with E-state index in [1.165, 1.54) is 103 Å². The van der Waals surface area contributed by atoms with E-state index in [9.17, 15) is 15.0 Å². The first-order valence-corrected chi connectivity index (χ1v) is 17.2. The highest BCUT2D eigenvalue weighted by atomic mass is 16.3. The largest absolute Gasteiger partial charge is 0.394 e. The van der Waals surface area contributed by atoms with E-state index in [1.54, 1.807) is 6.08 Å². The average molecular weight is 562 g/mol. The van der Waals surface area contributed by atoms with Crippen molar-refractivity contribution in [1.29, 1.82) is 0 Å². The van der Waals surface area contributed by atoms with Crippen molar-refractivity contribution in [1.82, 2.24) is 5.32 Å². The number of allylic oxidation sites excluding steroid dienone is 5. The predicted octanol–water partition coefficient (Wildman–Crippen LogP) is 9.90. The Labute approximate surface area is 249 Å². The van der Waals surface area contributed by atoms with Crippen LogP contribution in [0.25, 0.3) is 0 Å². The molecule has 0 rings (SSSR count). The van der Waals surface area contributed by atoms with E-state index >= 15 is 0 Å². The minimum Gasteiger partial charge on any atom is -0.394 e. The highest BCUT2D eigenvalue weighted by molar-refractivity contribution is 5.76. The summed E-state index contributed by atoms with van der Waals surface area (Å²) in [6.45, 7) is 4.26. The number of hydrogen-bond donors (Lipinski definition) is 3. The van der Waals surface area contributed by atoms with Crippen molar-refractivity contribution < 1.29 is 15.0 Å². The van der Waals surface area contributed by atoms with Gasteiger partial charge in [0.2, 0.25) is 5.91 Å². The molecule has 0 aliphatic heterocycles. The van der Waals surface area contributed by atoms with Crippen LogP contribution in [0.3, 0.4) is 0 Å². The summed E-state index contributed by atoms with van der Waals surface area (Å²) in [7, 11) is 0. The third-order valence-electron chi connectivity index (χ3n) is 7.60. The molecule has 0 fully saturated rings. The summed E-state index contributed by atoms with van der Waals surface area (Å²) in [5.74, 6) is -0.0857. The molecule has 0 aromatic rings. The van der Waals surface area contributed by atoms with Crippen LogP contribution >= 0.6 is 0 Å². The third-order valence-corrected chi connectivity index (χ3v) is 7.60. The van der Waals surface area contributed by atoms with Crippen molar-refractivity contribution in [3.8, 4) is 0 Å². The molecule has 0 saturated heterocycles. The van der Waals surface area contributed by atoms with E-state index in [-0.39, 0.29) is 12.5 Å². The molecule has 0 aromatic carbocycles. The molecular formula is C36H67NO3. The normalized spacial score (nSPS) is 13.6. The minimum atomic E-state index is -0.861. The molecule has 4 heteroatoms. The molecule has 234 valence electrons. The Hall–Kier alpha value is -1.39. The second-order valence-corrected chi connectivity index (χ2v) is 11.6. The van der Waals surface area contributed by atoms with Crippen LogP contribution in [0.15, 0.2) is 36.5 Å². The zero-order valence-corrected chi connectivity index (χ0v) is 26.6. The number of carbonyl (C=O) groups excluding carboxylic acids is 1. The summed E-state index contributed by atoms with van der Waals surface area (Å²) in [4.78, 5) is 12.3. The first-order chi connectivity index (χ1) is 19.7. The van der Waals surface area contributed by atoms with Crippen molar-refractivity contribution >= 4 is 5.91 Å². The molecule has 0 radical (unpaired) electrons. The molecule has 0 aliphatic rings. The van der Waals surface area contributed by atoms with Gasteiger partial charge in [0.1, 0.15) is 0 Å². The number of unbranched alkanes of at least 4 members (excludes halogenated alkanes) is 19. The Balaban J connectivity index is 3.72. The molecule has 0 unspecified atom stereocenters. The van der Waals surface area contributed by atoms with Crippen LogP contribution in [-0.4, -0.2) is 34.9 Å². The van der Waals surface area contributed by atoms with Crippen molar-refractivity contribution in [3.63, 3.8) is 0 Å². The third kappa shape index (κ3) is 28.1. The monoisotopic (exact) mass is 562 g/mol. The van der Waals surface area contributed by atoms with Crippen molar-refractivity contribution in [2.45, 2.75) is 180 Å². The summed E-state index contributed by atoms with van der Waals surface area (Å²) in [6, 6.07) is -0.639. The van der Waals surface area contributed by atoms with Crippen molar-refractivity contribution in [2.75, 3.05) is 6.61 Å². The van der Waals surface area contributed by atoms with E-state index in [4.69, 9.17) is 0 Å². The maximum absolute atomic E-state index is 12.3. The number of amides is 1. The first kappa shape index (κ1) is 38.6. The topological polar surface area (TPSA) is 69.6 Å². The van der Waals surface area contributed by atoms with Gasteiger partial charge in [0.25, 0.3) is 0 Å². The van der Waals surface area contributed by atoms with Crippen LogP contribution < -0.4 is 5.32 Å². The van der Waals surface area contributed by atoms with E-state index in [1.807, 2.05) is 6.08 Å². The quantitative estimate of drug-likeness (QED) is 0.0603. The van der Waals surface area contributed by atoms with Gasteiger partial charge < -0.3 is 15.5 Å². The Morgan fingerprint density at radius 1 is 0.575 bits per heavy atom. The Morgan fingerprint density at radius 3 is 1.45 bits per heavy atom. The first-order valence-electron chi connectivity index (χ1n) is 17.2. The van der Waals surface area contributed by atoms with Gasteiger partial charge in [-0.25, -0.2) is 0 Å². The SMILES string of the molecule is CCCCCCCC/C=C/CCCCCCCC(=O)N[C@@H](CO)[C@H](O)/C=C/CC/C=C/CCCCCCCCC. The number of hydrogen-bond acceptors (Lipinski definition) is 3. The molecule has 0 saturated carbocycles. The zero-order chi connectivity index (χ0) is 29.4. The molecule has 4 nitrogen and oxygen atoms in total. The lowest BCUT2D eigenvalue weighted by Gasteiger charge is -2.19. The van der Waals surface area contributed by atoms with Gasteiger partial charge in [-0.05, 0) is 57.8 Å². The maximum atomic E-state index is 12.3. The molecule has 0 heterocycles. The second kappa shape index (κ2) is 32.1. The van der Waals surface area contributed by atoms with E-state index < -0.39 is 12.1 Å². The maximum Gasteiger partial charge on any atom is 0.220 e. The van der Waals surface area contributed by atoms with Crippen LogP contribution in [0.4, 0.5) is 0 Å². The van der Waals surface area contributed by atoms with Crippen LogP contribution in [0.1, 0.15) is 168 Å². The standard InChI is InChI=1S/C36H67NO3/c1-3-5-7-9-11-13-15-17-18-20-22-24-26-28-30-32-36(40)37-34(33-38)35(39)31-29-27-25-23-21-19-16-14-12-10-8-6-4-2/h17-18,21,23,29,31,34-35,38-39H,3-16,19-20,22,24-28,30,32-33H2,1-2H3,(H,37,40)/b18-17+,23-21+,31-29+/t34-,35+/m0/s1. The summed E-state index contributed by atoms with van der Waals surface area (Å²) < 4.78 is 0. The van der Waals surface area contributed by atoms with Gasteiger partial charge in [-0.1, -0.05) is 140 Å². The molecule has 1 amide bonds. The molecule has 40 heavy (non-hydrogen) atoms. The fourth-order valence-corrected chi connectivity index (χ4v) is 4.89. The van der Waals surface area contributed by atoms with E-state index in [0.29, 0.717) is 6.42 Å². The van der Waals surface area contributed by atoms with Gasteiger partial charge in [-0.2, -0.15) is 0 Å². The van der Waals surface area contributed by atoms with Crippen LogP contribution in [0, 0.1) is 0 Å². The van der Waals surface area contributed by atoms with Crippen LogP contribution in [0.5, 0.6) is 0 Å². The molecule has 0 aliphatic carbocycles. The predicted molar refractivity (Wildman–Crippen MR) is 175 cm³/mol. The molecule has 3 N–H and O–H groups in total. The molecular weight excluding hydrogens is 494 g/mol. The average Bonchev–Trinajstić information content (AvgIpc) is 2.96. The van der Waals surface area contributed by atoms with Crippen LogP contribution in [-0.2, 0) is 4.79 Å². The number of aliphatic hydroxyl groups excluding tert-OH is 2. The lowest BCUT2D eigenvalue weighted by molar-refractivity contribution is -0.123. The molecule has 0 aromatic heterocycles. The summed E-state index contributed by atoms with van der Waals surface area (Å²) in [5, 5.41) is 22.8. The van der Waals surface area contributed by atoms with Gasteiger partial charge in [0, 0.05) is 6.42 Å². The van der Waals surface area contributed by atoms with E-state index in [2.05, 4.69) is 43.5 Å². The zero-order valence-electron chi connectivity index (χ0n) is 26.6. The highest BCUT2D eigenvalue weighted by Gasteiger charge is 2.17. The number of aliphatic hydroxyl groups is 2. The van der Waals surface area contributed by atoms with Gasteiger partial charge in [0.05, 0.1) is 18.8 Å². The van der Waals surface area contributed by atoms with Crippen molar-refractivity contribution in [2.24, 2.45) is 0 Å². The lowest BCUT2D eigenvalue weighted by Crippen LogP contribution is -2.45. The van der Waals surface area contributed by atoms with Crippen LogP contribution in [0.2, 0.25) is 0 Å². The van der Waals surface area contributed by atoms with Gasteiger partial charge >= 0.3 is 0 Å². The molecule has 2 atom stereocenters. The highest BCUT2D eigenvalue weighted by Crippen LogP contribution is 2.11.